The van der Waals surface area contributed by atoms with E-state index >= 15 is 0 Å². The maximum absolute atomic E-state index is 10.9. The summed E-state index contributed by atoms with van der Waals surface area (Å²) in [7, 11) is 0. The van der Waals surface area contributed by atoms with Gasteiger partial charge in [0.15, 0.2) is 0 Å². The Kier molecular flexibility index (Phi) is 3.85. The average molecular weight is 306 g/mol. The van der Waals surface area contributed by atoms with Gasteiger partial charge in [-0.25, -0.2) is 4.79 Å². The summed E-state index contributed by atoms with van der Waals surface area (Å²) in [4.78, 5) is 10.9. The molecule has 1 atom stereocenters. The van der Waals surface area contributed by atoms with Crippen LogP contribution < -0.4 is 11.5 Å². The van der Waals surface area contributed by atoms with E-state index in [1.54, 1.807) is 12.1 Å². The molecular formula is C9H11IN2O2. The Morgan fingerprint density at radius 3 is 2.71 bits per heavy atom. The first kappa shape index (κ1) is 11.4. The highest BCUT2D eigenvalue weighted by molar-refractivity contribution is 14.1. The standard InChI is InChI=1S/C9H11IN2O2/c10-5-1-2-6(8(12)4-11)7(3-5)9(13)14/h1-3,8H,4,11-12H2,(H,13,14)/t8-/m1/s1. The third-order valence-corrected chi connectivity index (χ3v) is 2.57. The average Bonchev–Trinajstić information content (AvgIpc) is 2.16. The zero-order chi connectivity index (χ0) is 10.7. The minimum atomic E-state index is -0.970. The minimum Gasteiger partial charge on any atom is -0.478 e. The largest absolute Gasteiger partial charge is 0.478 e. The molecule has 0 aliphatic rings. The molecule has 0 heterocycles. The molecule has 1 rings (SSSR count). The Morgan fingerprint density at radius 1 is 1.57 bits per heavy atom. The van der Waals surface area contributed by atoms with E-state index in [1.165, 1.54) is 0 Å². The summed E-state index contributed by atoms with van der Waals surface area (Å²) in [6, 6.07) is 4.70. The Morgan fingerprint density at radius 2 is 2.21 bits per heavy atom. The summed E-state index contributed by atoms with van der Waals surface area (Å²) in [5, 5.41) is 8.93. The number of carboxylic acids is 1. The summed E-state index contributed by atoms with van der Waals surface area (Å²) in [5.41, 5.74) is 11.9. The van der Waals surface area contributed by atoms with Crippen molar-refractivity contribution in [1.29, 1.82) is 0 Å². The van der Waals surface area contributed by atoms with Crippen LogP contribution in [0.15, 0.2) is 18.2 Å². The lowest BCUT2D eigenvalue weighted by molar-refractivity contribution is 0.0695. The summed E-state index contributed by atoms with van der Waals surface area (Å²) < 4.78 is 0.868. The normalized spacial score (nSPS) is 12.5. The molecule has 76 valence electrons. The Labute approximate surface area is 95.4 Å². The van der Waals surface area contributed by atoms with Crippen LogP contribution in [-0.4, -0.2) is 17.6 Å². The molecule has 0 fully saturated rings. The molecule has 14 heavy (non-hydrogen) atoms. The first-order chi connectivity index (χ1) is 6.56. The van der Waals surface area contributed by atoms with E-state index in [0.29, 0.717) is 5.56 Å². The van der Waals surface area contributed by atoms with E-state index < -0.39 is 12.0 Å². The van der Waals surface area contributed by atoms with Crippen LogP contribution in [0.3, 0.4) is 0 Å². The molecule has 5 heteroatoms. The van der Waals surface area contributed by atoms with Crippen molar-refractivity contribution in [2.75, 3.05) is 6.54 Å². The number of halogens is 1. The van der Waals surface area contributed by atoms with E-state index in [0.717, 1.165) is 3.57 Å². The molecule has 0 saturated heterocycles. The zero-order valence-corrected chi connectivity index (χ0v) is 9.56. The predicted molar refractivity (Wildman–Crippen MR) is 62.1 cm³/mol. The molecule has 0 unspecified atom stereocenters. The van der Waals surface area contributed by atoms with Gasteiger partial charge in [0.25, 0.3) is 0 Å². The molecule has 0 aliphatic heterocycles. The second kappa shape index (κ2) is 4.72. The van der Waals surface area contributed by atoms with Gasteiger partial charge < -0.3 is 16.6 Å². The van der Waals surface area contributed by atoms with Crippen molar-refractivity contribution < 1.29 is 9.90 Å². The molecular weight excluding hydrogens is 295 g/mol. The van der Waals surface area contributed by atoms with Gasteiger partial charge in [0.05, 0.1) is 5.56 Å². The van der Waals surface area contributed by atoms with Crippen LogP contribution in [0.1, 0.15) is 22.0 Å². The van der Waals surface area contributed by atoms with Crippen molar-refractivity contribution in [2.24, 2.45) is 11.5 Å². The molecule has 0 amide bonds. The summed E-state index contributed by atoms with van der Waals surface area (Å²) >= 11 is 2.06. The molecule has 4 nitrogen and oxygen atoms in total. The highest BCUT2D eigenvalue weighted by atomic mass is 127. The number of carboxylic acid groups (broad SMARTS) is 1. The molecule has 1 aromatic rings. The first-order valence-corrected chi connectivity index (χ1v) is 5.12. The van der Waals surface area contributed by atoms with Gasteiger partial charge in [-0.1, -0.05) is 6.07 Å². The quantitative estimate of drug-likeness (QED) is 0.725. The number of aromatic carboxylic acids is 1. The van der Waals surface area contributed by atoms with Crippen molar-refractivity contribution in [2.45, 2.75) is 6.04 Å². The minimum absolute atomic E-state index is 0.231. The molecule has 0 aromatic heterocycles. The van der Waals surface area contributed by atoms with Crippen LogP contribution in [0.5, 0.6) is 0 Å². The van der Waals surface area contributed by atoms with E-state index in [9.17, 15) is 4.79 Å². The van der Waals surface area contributed by atoms with E-state index in [1.807, 2.05) is 6.07 Å². The van der Waals surface area contributed by atoms with E-state index in [-0.39, 0.29) is 12.1 Å². The van der Waals surface area contributed by atoms with Crippen molar-refractivity contribution in [1.82, 2.24) is 0 Å². The van der Waals surface area contributed by atoms with Crippen LogP contribution in [-0.2, 0) is 0 Å². The lowest BCUT2D eigenvalue weighted by atomic mass is 10.0. The Bertz CT molecular complexity index is 355. The molecule has 0 spiro atoms. The molecule has 0 saturated carbocycles. The number of carbonyl (C=O) groups is 1. The topological polar surface area (TPSA) is 89.3 Å². The Balaban J connectivity index is 3.21. The van der Waals surface area contributed by atoms with Crippen LogP contribution >= 0.6 is 22.6 Å². The molecule has 0 radical (unpaired) electrons. The van der Waals surface area contributed by atoms with Gasteiger partial charge >= 0.3 is 5.97 Å². The lowest BCUT2D eigenvalue weighted by Crippen LogP contribution is -2.23. The van der Waals surface area contributed by atoms with Crippen LogP contribution in [0.25, 0.3) is 0 Å². The smallest absolute Gasteiger partial charge is 0.336 e. The Hall–Kier alpha value is -0.660. The molecule has 5 N–H and O–H groups in total. The van der Waals surface area contributed by atoms with E-state index in [2.05, 4.69) is 22.6 Å². The van der Waals surface area contributed by atoms with Gasteiger partial charge in [-0.05, 0) is 40.3 Å². The predicted octanol–water partition coefficient (Wildman–Crippen LogP) is 0.948. The zero-order valence-electron chi connectivity index (χ0n) is 7.40. The number of hydrogen-bond acceptors (Lipinski definition) is 3. The summed E-state index contributed by atoms with van der Waals surface area (Å²) in [6.45, 7) is 0.237. The fourth-order valence-corrected chi connectivity index (χ4v) is 1.66. The van der Waals surface area contributed by atoms with Crippen LogP contribution in [0.2, 0.25) is 0 Å². The van der Waals surface area contributed by atoms with E-state index in [4.69, 9.17) is 16.6 Å². The van der Waals surface area contributed by atoms with Crippen molar-refractivity contribution >= 4 is 28.6 Å². The van der Waals surface area contributed by atoms with Gasteiger partial charge in [0.2, 0.25) is 0 Å². The van der Waals surface area contributed by atoms with Gasteiger partial charge in [-0.3, -0.25) is 0 Å². The van der Waals surface area contributed by atoms with Crippen molar-refractivity contribution in [3.63, 3.8) is 0 Å². The van der Waals surface area contributed by atoms with Crippen molar-refractivity contribution in [3.05, 3.63) is 32.9 Å². The fraction of sp³-hybridized carbons (Fsp3) is 0.222. The first-order valence-electron chi connectivity index (χ1n) is 4.04. The van der Waals surface area contributed by atoms with Gasteiger partial charge in [-0.15, -0.1) is 0 Å². The molecule has 1 aromatic carbocycles. The second-order valence-electron chi connectivity index (χ2n) is 2.88. The highest BCUT2D eigenvalue weighted by Crippen LogP contribution is 2.18. The second-order valence-corrected chi connectivity index (χ2v) is 4.12. The molecule has 0 aliphatic carbocycles. The number of rotatable bonds is 3. The van der Waals surface area contributed by atoms with Crippen LogP contribution in [0, 0.1) is 3.57 Å². The SMILES string of the molecule is NC[C@@H](N)c1ccc(I)cc1C(=O)O. The van der Waals surface area contributed by atoms with Gasteiger partial charge in [-0.2, -0.15) is 0 Å². The van der Waals surface area contributed by atoms with Gasteiger partial charge in [0.1, 0.15) is 0 Å². The van der Waals surface area contributed by atoms with Crippen LogP contribution in [0.4, 0.5) is 0 Å². The summed E-state index contributed by atoms with van der Waals surface area (Å²) in [5.74, 6) is -0.970. The number of benzene rings is 1. The van der Waals surface area contributed by atoms with Crippen molar-refractivity contribution in [3.8, 4) is 0 Å². The third kappa shape index (κ3) is 2.43. The molecule has 0 bridgehead atoms. The monoisotopic (exact) mass is 306 g/mol. The lowest BCUT2D eigenvalue weighted by Gasteiger charge is -2.12. The maximum Gasteiger partial charge on any atom is 0.336 e. The number of hydrogen-bond donors (Lipinski definition) is 3. The van der Waals surface area contributed by atoms with Gasteiger partial charge in [0, 0.05) is 16.2 Å². The fourth-order valence-electron chi connectivity index (χ4n) is 1.16. The highest BCUT2D eigenvalue weighted by Gasteiger charge is 2.14. The maximum atomic E-state index is 10.9. The summed E-state index contributed by atoms with van der Waals surface area (Å²) in [6.07, 6.45) is 0. The third-order valence-electron chi connectivity index (χ3n) is 1.90. The number of nitrogens with two attached hydrogens (primary N) is 2.